The standard InChI is InChI=1S/C8H15NO2/c1-5(2)6-3-8(11,4-6)7(9)10/h5-6,11H,3-4H2,1-2H3,(H2,9,10). The van der Waals surface area contributed by atoms with Gasteiger partial charge in [-0.25, -0.2) is 0 Å². The molecule has 1 amide bonds. The van der Waals surface area contributed by atoms with E-state index in [1.165, 1.54) is 0 Å². The largest absolute Gasteiger partial charge is 0.380 e. The highest BCUT2D eigenvalue weighted by molar-refractivity contribution is 5.84. The minimum Gasteiger partial charge on any atom is -0.380 e. The fourth-order valence-electron chi connectivity index (χ4n) is 1.48. The lowest BCUT2D eigenvalue weighted by Crippen LogP contribution is -2.54. The second kappa shape index (κ2) is 2.48. The van der Waals surface area contributed by atoms with Crippen LogP contribution in [0.2, 0.25) is 0 Å². The number of primary amides is 1. The average Bonchev–Trinajstić information content (AvgIpc) is 1.79. The summed E-state index contributed by atoms with van der Waals surface area (Å²) in [6, 6.07) is 0. The summed E-state index contributed by atoms with van der Waals surface area (Å²) < 4.78 is 0. The van der Waals surface area contributed by atoms with Crippen LogP contribution in [0.25, 0.3) is 0 Å². The molecule has 0 saturated heterocycles. The molecule has 0 unspecified atom stereocenters. The van der Waals surface area contributed by atoms with E-state index >= 15 is 0 Å². The Morgan fingerprint density at radius 2 is 2.09 bits per heavy atom. The topological polar surface area (TPSA) is 63.3 Å². The van der Waals surface area contributed by atoms with Crippen LogP contribution in [0, 0.1) is 11.8 Å². The zero-order chi connectivity index (χ0) is 8.65. The van der Waals surface area contributed by atoms with E-state index in [0.717, 1.165) is 0 Å². The molecule has 1 aliphatic carbocycles. The highest BCUT2D eigenvalue weighted by atomic mass is 16.3. The summed E-state index contributed by atoms with van der Waals surface area (Å²) in [6.45, 7) is 4.18. The van der Waals surface area contributed by atoms with E-state index in [1.807, 2.05) is 0 Å². The smallest absolute Gasteiger partial charge is 0.249 e. The predicted octanol–water partition coefficient (Wildman–Crippen LogP) is 0.269. The van der Waals surface area contributed by atoms with Crippen LogP contribution >= 0.6 is 0 Å². The molecule has 1 aliphatic rings. The molecule has 0 aromatic heterocycles. The van der Waals surface area contributed by atoms with Gasteiger partial charge in [0.05, 0.1) is 0 Å². The van der Waals surface area contributed by atoms with Crippen LogP contribution in [0.15, 0.2) is 0 Å². The van der Waals surface area contributed by atoms with Crippen molar-refractivity contribution in [1.82, 2.24) is 0 Å². The molecule has 0 aromatic carbocycles. The molecular formula is C8H15NO2. The first-order valence-corrected chi connectivity index (χ1v) is 3.98. The number of nitrogens with two attached hydrogens (primary N) is 1. The molecule has 3 nitrogen and oxygen atoms in total. The quantitative estimate of drug-likeness (QED) is 0.604. The van der Waals surface area contributed by atoms with E-state index in [9.17, 15) is 9.90 Å². The van der Waals surface area contributed by atoms with E-state index in [-0.39, 0.29) is 0 Å². The third kappa shape index (κ3) is 1.38. The van der Waals surface area contributed by atoms with Crippen LogP contribution in [0.5, 0.6) is 0 Å². The van der Waals surface area contributed by atoms with Gasteiger partial charge >= 0.3 is 0 Å². The number of carbonyl (C=O) groups is 1. The number of amides is 1. The van der Waals surface area contributed by atoms with Gasteiger partial charge in [-0.3, -0.25) is 4.79 Å². The van der Waals surface area contributed by atoms with Gasteiger partial charge < -0.3 is 10.8 Å². The molecule has 0 radical (unpaired) electrons. The van der Waals surface area contributed by atoms with Gasteiger partial charge in [0.2, 0.25) is 5.91 Å². The van der Waals surface area contributed by atoms with Crippen molar-refractivity contribution in [3.63, 3.8) is 0 Å². The fourth-order valence-corrected chi connectivity index (χ4v) is 1.48. The Hall–Kier alpha value is -0.570. The summed E-state index contributed by atoms with van der Waals surface area (Å²) in [5, 5.41) is 9.43. The van der Waals surface area contributed by atoms with Crippen LogP contribution < -0.4 is 5.73 Å². The SMILES string of the molecule is CC(C)C1CC(O)(C(N)=O)C1. The molecule has 1 rings (SSSR count). The number of hydrogen-bond donors (Lipinski definition) is 2. The third-order valence-corrected chi connectivity index (χ3v) is 2.60. The number of hydrogen-bond acceptors (Lipinski definition) is 2. The molecular weight excluding hydrogens is 142 g/mol. The van der Waals surface area contributed by atoms with Gasteiger partial charge in [0.25, 0.3) is 0 Å². The number of rotatable bonds is 2. The average molecular weight is 157 g/mol. The molecule has 1 saturated carbocycles. The highest BCUT2D eigenvalue weighted by Crippen LogP contribution is 2.41. The van der Waals surface area contributed by atoms with Crippen LogP contribution in [-0.2, 0) is 4.79 Å². The Morgan fingerprint density at radius 3 is 2.36 bits per heavy atom. The summed E-state index contributed by atoms with van der Waals surface area (Å²) in [4.78, 5) is 10.6. The zero-order valence-electron chi connectivity index (χ0n) is 7.00. The molecule has 3 heteroatoms. The second-order valence-corrected chi connectivity index (χ2v) is 3.81. The molecule has 11 heavy (non-hydrogen) atoms. The molecule has 0 aliphatic heterocycles. The van der Waals surface area contributed by atoms with Crippen LogP contribution in [0.4, 0.5) is 0 Å². The van der Waals surface area contributed by atoms with Crippen LogP contribution in [0.3, 0.4) is 0 Å². The van der Waals surface area contributed by atoms with Crippen LogP contribution in [0.1, 0.15) is 26.7 Å². The maximum atomic E-state index is 10.6. The Morgan fingerprint density at radius 1 is 1.64 bits per heavy atom. The molecule has 0 heterocycles. The molecule has 3 N–H and O–H groups in total. The van der Waals surface area contributed by atoms with Gasteiger partial charge in [-0.2, -0.15) is 0 Å². The lowest BCUT2D eigenvalue weighted by molar-refractivity contribution is -0.154. The minimum atomic E-state index is -1.19. The normalized spacial score (nSPS) is 36.9. The first-order chi connectivity index (χ1) is 4.96. The van der Waals surface area contributed by atoms with Gasteiger partial charge in [0.1, 0.15) is 5.60 Å². The first kappa shape index (κ1) is 8.53. The third-order valence-electron chi connectivity index (χ3n) is 2.60. The van der Waals surface area contributed by atoms with E-state index in [1.54, 1.807) is 0 Å². The van der Waals surface area contributed by atoms with E-state index in [0.29, 0.717) is 24.7 Å². The Bertz CT molecular complexity index is 171. The summed E-state index contributed by atoms with van der Waals surface area (Å²) in [6.07, 6.45) is 1.08. The molecule has 1 fully saturated rings. The van der Waals surface area contributed by atoms with Gasteiger partial charge in [0, 0.05) is 0 Å². The van der Waals surface area contributed by atoms with Crippen molar-refractivity contribution in [1.29, 1.82) is 0 Å². The van der Waals surface area contributed by atoms with Gasteiger partial charge in [-0.05, 0) is 24.7 Å². The van der Waals surface area contributed by atoms with Crippen molar-refractivity contribution in [2.24, 2.45) is 17.6 Å². The molecule has 64 valence electrons. The van der Waals surface area contributed by atoms with Gasteiger partial charge in [0.15, 0.2) is 0 Å². The lowest BCUT2D eigenvalue weighted by atomic mass is 9.66. The summed E-state index contributed by atoms with van der Waals surface area (Å²) >= 11 is 0. The number of carbonyl (C=O) groups excluding carboxylic acids is 1. The predicted molar refractivity (Wildman–Crippen MR) is 41.7 cm³/mol. The molecule has 0 spiro atoms. The fraction of sp³-hybridized carbons (Fsp3) is 0.875. The van der Waals surface area contributed by atoms with Crippen molar-refractivity contribution in [3.8, 4) is 0 Å². The van der Waals surface area contributed by atoms with Crippen molar-refractivity contribution in [2.45, 2.75) is 32.3 Å². The second-order valence-electron chi connectivity index (χ2n) is 3.81. The van der Waals surface area contributed by atoms with E-state index < -0.39 is 11.5 Å². The van der Waals surface area contributed by atoms with Gasteiger partial charge in [-0.15, -0.1) is 0 Å². The molecule has 0 bridgehead atoms. The Balaban J connectivity index is 2.44. The number of aliphatic hydroxyl groups is 1. The van der Waals surface area contributed by atoms with E-state index in [2.05, 4.69) is 13.8 Å². The van der Waals surface area contributed by atoms with Gasteiger partial charge in [-0.1, -0.05) is 13.8 Å². The first-order valence-electron chi connectivity index (χ1n) is 3.98. The molecule has 0 aromatic rings. The van der Waals surface area contributed by atoms with Crippen molar-refractivity contribution < 1.29 is 9.90 Å². The summed E-state index contributed by atoms with van der Waals surface area (Å²) in [7, 11) is 0. The highest BCUT2D eigenvalue weighted by Gasteiger charge is 2.48. The Labute approximate surface area is 66.6 Å². The summed E-state index contributed by atoms with van der Waals surface area (Å²) in [5.41, 5.74) is 3.82. The zero-order valence-corrected chi connectivity index (χ0v) is 7.00. The van der Waals surface area contributed by atoms with Crippen LogP contribution in [-0.4, -0.2) is 16.6 Å². The maximum absolute atomic E-state index is 10.6. The van der Waals surface area contributed by atoms with Crippen molar-refractivity contribution >= 4 is 5.91 Å². The minimum absolute atomic E-state index is 0.465. The summed E-state index contributed by atoms with van der Waals surface area (Å²) in [5.74, 6) is 0.427. The van der Waals surface area contributed by atoms with Crippen molar-refractivity contribution in [3.05, 3.63) is 0 Å². The maximum Gasteiger partial charge on any atom is 0.249 e. The Kier molecular flexibility index (Phi) is 1.92. The molecule has 0 atom stereocenters. The monoisotopic (exact) mass is 157 g/mol. The van der Waals surface area contributed by atoms with E-state index in [4.69, 9.17) is 5.73 Å². The lowest BCUT2D eigenvalue weighted by Gasteiger charge is -2.43. The van der Waals surface area contributed by atoms with Crippen molar-refractivity contribution in [2.75, 3.05) is 0 Å².